The van der Waals surface area contributed by atoms with Crippen LogP contribution in [-0.4, -0.2) is 114 Å². The lowest BCUT2D eigenvalue weighted by atomic mass is 9.78. The van der Waals surface area contributed by atoms with Gasteiger partial charge in [0.1, 0.15) is 41.7 Å². The first kappa shape index (κ1) is 48.6. The van der Waals surface area contributed by atoms with E-state index in [1.165, 1.54) is 6.07 Å². The third-order valence-corrected chi connectivity index (χ3v) is 12.8. The highest BCUT2D eigenvalue weighted by Gasteiger charge is 2.41. The summed E-state index contributed by atoms with van der Waals surface area (Å²) in [5.74, 6) is -0.257. The average Bonchev–Trinajstić information content (AvgIpc) is 4.06. The van der Waals surface area contributed by atoms with Gasteiger partial charge in [-0.05, 0) is 66.6 Å². The second kappa shape index (κ2) is 22.0. The number of carbonyl (C=O) groups excluding carboxylic acids is 1. The van der Waals surface area contributed by atoms with Gasteiger partial charge in [0.05, 0.1) is 24.4 Å². The highest BCUT2D eigenvalue weighted by Crippen LogP contribution is 2.38. The number of ether oxygens (including phenoxy) is 3. The number of rotatable bonds is 18. The van der Waals surface area contributed by atoms with Crippen LogP contribution in [0.15, 0.2) is 89.9 Å². The van der Waals surface area contributed by atoms with Crippen molar-refractivity contribution >= 4 is 63.7 Å². The fraction of sp³-hybridized carbons (Fsp3) is 0.391. The number of hydrogen-bond donors (Lipinski definition) is 2. The third-order valence-electron chi connectivity index (χ3n) is 12.2. The van der Waals surface area contributed by atoms with E-state index in [9.17, 15) is 39.9 Å². The predicted molar refractivity (Wildman–Crippen MR) is 254 cm³/mol. The average molecular weight is 1000 g/mol. The molecule has 1 aromatic heterocycles. The molecule has 2 N–H and O–H groups in total. The number of nitro groups is 2. The molecule has 18 nitrogen and oxygen atoms in total. The van der Waals surface area contributed by atoms with Gasteiger partial charge in [-0.1, -0.05) is 70.5 Å². The van der Waals surface area contributed by atoms with Gasteiger partial charge in [-0.15, -0.1) is 0 Å². The maximum atomic E-state index is 15.7. The Hall–Kier alpha value is -5.90. The van der Waals surface area contributed by atoms with Gasteiger partial charge in [-0.3, -0.25) is 29.9 Å². The topological polar surface area (TPSA) is 218 Å². The van der Waals surface area contributed by atoms with Crippen molar-refractivity contribution in [2.75, 3.05) is 69.3 Å². The zero-order valence-electron chi connectivity index (χ0n) is 37.0. The van der Waals surface area contributed by atoms with Crippen molar-refractivity contribution < 1.29 is 52.6 Å². The fourth-order valence-electron chi connectivity index (χ4n) is 8.73. The smallest absolute Gasteiger partial charge is 0.494 e. The van der Waals surface area contributed by atoms with Gasteiger partial charge in [0, 0.05) is 76.5 Å². The molecule has 4 heterocycles. The largest absolute Gasteiger partial charge is 0.496 e. The van der Waals surface area contributed by atoms with Crippen molar-refractivity contribution in [3.8, 4) is 11.5 Å². The van der Waals surface area contributed by atoms with Crippen LogP contribution < -0.4 is 30.7 Å². The van der Waals surface area contributed by atoms with Gasteiger partial charge >= 0.3 is 20.2 Å². The summed E-state index contributed by atoms with van der Waals surface area (Å²) in [6.45, 7) is 3.46. The van der Waals surface area contributed by atoms with E-state index in [2.05, 4.69) is 20.8 Å². The van der Waals surface area contributed by atoms with E-state index < -0.39 is 60.1 Å². The van der Waals surface area contributed by atoms with Gasteiger partial charge in [0.25, 0.3) is 0 Å². The molecule has 1 saturated heterocycles. The molecule has 4 aliphatic rings. The minimum absolute atomic E-state index is 0.0371. The van der Waals surface area contributed by atoms with Gasteiger partial charge in [-0.25, -0.2) is 9.18 Å². The second-order valence-electron chi connectivity index (χ2n) is 16.8. The van der Waals surface area contributed by atoms with Crippen molar-refractivity contribution in [3.63, 3.8) is 0 Å². The third kappa shape index (κ3) is 11.3. The number of pyridine rings is 1. The molecule has 2 atom stereocenters. The molecule has 0 amide bonds. The molecule has 2 fully saturated rings. The van der Waals surface area contributed by atoms with Crippen molar-refractivity contribution in [1.29, 1.82) is 0 Å². The fourth-order valence-corrected chi connectivity index (χ4v) is 8.96. The Kier molecular flexibility index (Phi) is 15.7. The van der Waals surface area contributed by atoms with Crippen LogP contribution >= 0.6 is 15.9 Å². The number of esters is 1. The summed E-state index contributed by atoms with van der Waals surface area (Å²) < 4.78 is 45.2. The standard InChI is InChI=1S/C35H36BFN4O8.C11H13BBrNO5/c37-28-18-26-29(40(24-10-11-24)20-27(34(26)42)35(43)48-22-23-6-2-1-3-7-23)19-30(28)39-15-13-38(14-16-39)12-5-17-47-31-9-4-8-25-32(21-41(45)46)49-36(44)33(25)31;13-5-2-6-18-9-4-1-3-8-10(7-14(16)17)19-12(15)11(8)9/h1-4,6-9,18-20,24,32,44H,5,10-17,21-22H2;1,3-4,10,15H,2,5-7H2. The quantitative estimate of drug-likeness (QED) is 0.0312. The lowest BCUT2D eigenvalue weighted by Crippen LogP contribution is -2.47. The number of alkyl halides is 1. The Labute approximate surface area is 399 Å². The molecule has 4 aromatic carbocycles. The monoisotopic (exact) mass is 999 g/mol. The SMILES string of the molecule is O=C(OCc1ccccc1)c1cn(C2CC2)c2cc(N3CCN(CCCOc4cccc5c4B(O)OC5C[N+](=O)[O-])CC3)c(F)cc2c1=O.O=[N+]([O-])CC1OB(O)c2c(OCCCBr)cccc21. The molecule has 1 aliphatic carbocycles. The molecule has 22 heteroatoms. The molecule has 1 saturated carbocycles. The summed E-state index contributed by atoms with van der Waals surface area (Å²) in [5.41, 5.74) is 3.34. The minimum Gasteiger partial charge on any atom is -0.494 e. The number of aromatic nitrogens is 1. The van der Waals surface area contributed by atoms with Crippen molar-refractivity contribution in [2.45, 2.75) is 50.5 Å². The molecule has 68 heavy (non-hydrogen) atoms. The predicted octanol–water partition coefficient (Wildman–Crippen LogP) is 4.35. The van der Waals surface area contributed by atoms with Crippen LogP contribution in [-0.2, 0) is 20.7 Å². The van der Waals surface area contributed by atoms with E-state index in [1.807, 2.05) is 39.8 Å². The first-order chi connectivity index (χ1) is 32.9. The number of anilines is 1. The van der Waals surface area contributed by atoms with Crippen LogP contribution in [0.1, 0.15) is 71.0 Å². The van der Waals surface area contributed by atoms with Crippen LogP contribution in [0.2, 0.25) is 0 Å². The van der Waals surface area contributed by atoms with E-state index in [-0.39, 0.29) is 30.1 Å². The molecule has 5 aromatic rings. The number of piperazine rings is 1. The summed E-state index contributed by atoms with van der Waals surface area (Å²) in [4.78, 5) is 51.3. The minimum atomic E-state index is -1.28. The molecule has 0 radical (unpaired) electrons. The Bertz CT molecular complexity index is 2690. The molecular formula is C46H49B2BrFN5O13. The number of halogens is 2. The number of nitrogens with zero attached hydrogens (tertiary/aromatic N) is 5. The van der Waals surface area contributed by atoms with E-state index >= 15 is 4.39 Å². The number of benzene rings is 4. The molecule has 0 spiro atoms. The van der Waals surface area contributed by atoms with Crippen molar-refractivity contribution in [2.24, 2.45) is 0 Å². The number of fused-ring (bicyclic) bond motifs is 3. The normalized spacial score (nSPS) is 17.6. The van der Waals surface area contributed by atoms with E-state index in [1.54, 1.807) is 48.7 Å². The number of hydrogen-bond acceptors (Lipinski definition) is 15. The van der Waals surface area contributed by atoms with E-state index in [4.69, 9.17) is 23.5 Å². The van der Waals surface area contributed by atoms with Gasteiger partial charge < -0.3 is 43.0 Å². The molecule has 2 unspecified atom stereocenters. The van der Waals surface area contributed by atoms with Crippen molar-refractivity contribution in [1.82, 2.24) is 9.47 Å². The maximum absolute atomic E-state index is 15.7. The molecule has 3 aliphatic heterocycles. The van der Waals surface area contributed by atoms with Crippen LogP contribution in [0.4, 0.5) is 10.1 Å². The Balaban J connectivity index is 0.000000275. The lowest BCUT2D eigenvalue weighted by Gasteiger charge is -2.36. The summed E-state index contributed by atoms with van der Waals surface area (Å²) in [5, 5.41) is 42.8. The summed E-state index contributed by atoms with van der Waals surface area (Å²) in [7, 11) is -2.44. The summed E-state index contributed by atoms with van der Waals surface area (Å²) in [6, 6.07) is 22.7. The lowest BCUT2D eigenvalue weighted by molar-refractivity contribution is -0.490. The van der Waals surface area contributed by atoms with Crippen LogP contribution in [0.3, 0.4) is 0 Å². The van der Waals surface area contributed by atoms with Crippen LogP contribution in [0.25, 0.3) is 10.9 Å². The molecule has 0 bridgehead atoms. The van der Waals surface area contributed by atoms with Crippen LogP contribution in [0.5, 0.6) is 11.5 Å². The Morgan fingerprint density at radius 3 is 1.97 bits per heavy atom. The highest BCUT2D eigenvalue weighted by atomic mass is 79.9. The second-order valence-corrected chi connectivity index (χ2v) is 17.6. The molecule has 356 valence electrons. The first-order valence-electron chi connectivity index (χ1n) is 22.4. The molecular weight excluding hydrogens is 951 g/mol. The summed E-state index contributed by atoms with van der Waals surface area (Å²) in [6.07, 6.45) is 3.38. The zero-order chi connectivity index (χ0) is 47.9. The van der Waals surface area contributed by atoms with Crippen LogP contribution in [0, 0.1) is 26.0 Å². The van der Waals surface area contributed by atoms with E-state index in [0.29, 0.717) is 90.6 Å². The van der Waals surface area contributed by atoms with Gasteiger partial charge in [-0.2, -0.15) is 0 Å². The van der Waals surface area contributed by atoms with E-state index in [0.717, 1.165) is 36.7 Å². The summed E-state index contributed by atoms with van der Waals surface area (Å²) >= 11 is 3.30. The van der Waals surface area contributed by atoms with Crippen molar-refractivity contribution in [3.05, 3.63) is 144 Å². The molecule has 9 rings (SSSR count). The van der Waals surface area contributed by atoms with Gasteiger partial charge in [0.2, 0.25) is 18.5 Å². The van der Waals surface area contributed by atoms with Gasteiger partial charge in [0.15, 0.2) is 0 Å². The maximum Gasteiger partial charge on any atom is 0.496 e. The Morgan fingerprint density at radius 1 is 0.824 bits per heavy atom. The number of carbonyl (C=O) groups is 1. The zero-order valence-corrected chi connectivity index (χ0v) is 38.5. The first-order valence-corrected chi connectivity index (χ1v) is 23.6. The Morgan fingerprint density at radius 2 is 1.41 bits per heavy atom. The highest BCUT2D eigenvalue weighted by molar-refractivity contribution is 9.09.